The smallest absolute Gasteiger partial charge is 0.337 e. The van der Waals surface area contributed by atoms with Crippen LogP contribution < -0.4 is 5.32 Å². The lowest BCUT2D eigenvalue weighted by atomic mass is 10.1. The molecule has 2 aromatic carbocycles. The van der Waals surface area contributed by atoms with Gasteiger partial charge in [0.2, 0.25) is 0 Å². The maximum absolute atomic E-state index is 12.3. The van der Waals surface area contributed by atoms with Crippen molar-refractivity contribution in [3.05, 3.63) is 58.7 Å². The molecule has 0 fully saturated rings. The zero-order valence-corrected chi connectivity index (χ0v) is 11.7. The first kappa shape index (κ1) is 14.6. The summed E-state index contributed by atoms with van der Waals surface area (Å²) in [5.74, 6) is -1.44. The number of aromatic hydroxyl groups is 1. The fraction of sp³-hybridized carbons (Fsp3) is 0.125. The number of amides is 1. The van der Waals surface area contributed by atoms with Crippen molar-refractivity contribution >= 4 is 17.6 Å². The number of nitrogens with one attached hydrogen (secondary N) is 1. The first-order valence-corrected chi connectivity index (χ1v) is 6.34. The molecule has 1 amide bonds. The number of carboxylic acids is 1. The van der Waals surface area contributed by atoms with Gasteiger partial charge < -0.3 is 15.5 Å². The Kier molecular flexibility index (Phi) is 3.93. The Morgan fingerprint density at radius 2 is 1.71 bits per heavy atom. The molecule has 3 N–H and O–H groups in total. The first-order chi connectivity index (χ1) is 9.90. The molecule has 2 aromatic rings. The standard InChI is InChI=1S/C16H15NO4/c1-9-4-3-5-13(16(20)21)14(9)17-15(19)12-7-6-11(18)8-10(12)2/h3-8,18H,1-2H3,(H,17,19)(H,20,21). The zero-order valence-electron chi connectivity index (χ0n) is 11.7. The molecule has 0 spiro atoms. The summed E-state index contributed by atoms with van der Waals surface area (Å²) in [6, 6.07) is 9.18. The zero-order chi connectivity index (χ0) is 15.6. The van der Waals surface area contributed by atoms with Gasteiger partial charge in [0.05, 0.1) is 11.3 Å². The van der Waals surface area contributed by atoms with Gasteiger partial charge in [0.15, 0.2) is 0 Å². The summed E-state index contributed by atoms with van der Waals surface area (Å²) in [5, 5.41) is 21.2. The molecule has 21 heavy (non-hydrogen) atoms. The third-order valence-corrected chi connectivity index (χ3v) is 3.20. The molecule has 108 valence electrons. The summed E-state index contributed by atoms with van der Waals surface area (Å²) in [4.78, 5) is 23.5. The van der Waals surface area contributed by atoms with Crippen molar-refractivity contribution in [1.29, 1.82) is 0 Å². The number of hydrogen-bond acceptors (Lipinski definition) is 3. The van der Waals surface area contributed by atoms with Crippen LogP contribution in [0.1, 0.15) is 31.8 Å². The van der Waals surface area contributed by atoms with Gasteiger partial charge in [0.25, 0.3) is 5.91 Å². The summed E-state index contributed by atoms with van der Waals surface area (Å²) >= 11 is 0. The van der Waals surface area contributed by atoms with Gasteiger partial charge in [-0.3, -0.25) is 4.79 Å². The van der Waals surface area contributed by atoms with Crippen LogP contribution in [0.25, 0.3) is 0 Å². The van der Waals surface area contributed by atoms with Crippen molar-refractivity contribution in [3.8, 4) is 5.75 Å². The Morgan fingerprint density at radius 1 is 1.00 bits per heavy atom. The van der Waals surface area contributed by atoms with E-state index in [9.17, 15) is 19.8 Å². The minimum Gasteiger partial charge on any atom is -0.508 e. The molecule has 0 saturated carbocycles. The molecule has 0 bridgehead atoms. The fourth-order valence-electron chi connectivity index (χ4n) is 2.10. The van der Waals surface area contributed by atoms with E-state index in [1.54, 1.807) is 26.0 Å². The van der Waals surface area contributed by atoms with E-state index >= 15 is 0 Å². The van der Waals surface area contributed by atoms with Crippen LogP contribution in [0.5, 0.6) is 5.75 Å². The van der Waals surface area contributed by atoms with Gasteiger partial charge in [-0.15, -0.1) is 0 Å². The van der Waals surface area contributed by atoms with E-state index in [-0.39, 0.29) is 17.0 Å². The van der Waals surface area contributed by atoms with Crippen molar-refractivity contribution in [1.82, 2.24) is 0 Å². The monoisotopic (exact) mass is 285 g/mol. The van der Waals surface area contributed by atoms with Gasteiger partial charge in [0.1, 0.15) is 5.75 Å². The minimum atomic E-state index is -1.10. The van der Waals surface area contributed by atoms with Gasteiger partial charge in [-0.1, -0.05) is 12.1 Å². The van der Waals surface area contributed by atoms with Crippen LogP contribution in [0.3, 0.4) is 0 Å². The quantitative estimate of drug-likeness (QED) is 0.809. The van der Waals surface area contributed by atoms with Gasteiger partial charge >= 0.3 is 5.97 Å². The normalized spacial score (nSPS) is 10.2. The highest BCUT2D eigenvalue weighted by Crippen LogP contribution is 2.23. The lowest BCUT2D eigenvalue weighted by Crippen LogP contribution is -2.16. The Hall–Kier alpha value is -2.82. The third-order valence-electron chi connectivity index (χ3n) is 3.20. The van der Waals surface area contributed by atoms with E-state index in [0.717, 1.165) is 0 Å². The molecule has 0 unspecified atom stereocenters. The fourth-order valence-corrected chi connectivity index (χ4v) is 2.10. The summed E-state index contributed by atoms with van der Waals surface area (Å²) in [6.07, 6.45) is 0. The first-order valence-electron chi connectivity index (χ1n) is 6.34. The summed E-state index contributed by atoms with van der Waals surface area (Å²) < 4.78 is 0. The number of aromatic carboxylic acids is 1. The summed E-state index contributed by atoms with van der Waals surface area (Å²) in [5.41, 5.74) is 1.98. The van der Waals surface area contributed by atoms with Gasteiger partial charge in [-0.2, -0.15) is 0 Å². The number of phenols is 1. The van der Waals surface area contributed by atoms with E-state index in [4.69, 9.17) is 0 Å². The van der Waals surface area contributed by atoms with E-state index in [2.05, 4.69) is 5.32 Å². The van der Waals surface area contributed by atoms with Crippen LogP contribution >= 0.6 is 0 Å². The Bertz CT molecular complexity index is 722. The second-order valence-electron chi connectivity index (χ2n) is 4.76. The number of carbonyl (C=O) groups is 2. The van der Waals surface area contributed by atoms with Crippen molar-refractivity contribution in [2.45, 2.75) is 13.8 Å². The van der Waals surface area contributed by atoms with E-state index in [1.807, 2.05) is 0 Å². The number of aryl methyl sites for hydroxylation is 2. The highest BCUT2D eigenvalue weighted by molar-refractivity contribution is 6.09. The van der Waals surface area contributed by atoms with Crippen molar-refractivity contribution in [2.75, 3.05) is 5.32 Å². The van der Waals surface area contributed by atoms with E-state index in [0.29, 0.717) is 16.7 Å². The SMILES string of the molecule is Cc1cc(O)ccc1C(=O)Nc1c(C)cccc1C(=O)O. The van der Waals surface area contributed by atoms with E-state index in [1.165, 1.54) is 24.3 Å². The highest BCUT2D eigenvalue weighted by Gasteiger charge is 2.16. The lowest BCUT2D eigenvalue weighted by molar-refractivity contribution is 0.0698. The highest BCUT2D eigenvalue weighted by atomic mass is 16.4. The van der Waals surface area contributed by atoms with Gasteiger partial charge in [-0.05, 0) is 49.2 Å². The molecule has 5 heteroatoms. The molecule has 0 radical (unpaired) electrons. The molecule has 0 aliphatic carbocycles. The third kappa shape index (κ3) is 3.02. The topological polar surface area (TPSA) is 86.6 Å². The largest absolute Gasteiger partial charge is 0.508 e. The number of phenolic OH excluding ortho intramolecular Hbond substituents is 1. The Labute approximate surface area is 121 Å². The second kappa shape index (κ2) is 5.66. The number of rotatable bonds is 3. The molecule has 0 atom stereocenters. The number of para-hydroxylation sites is 1. The summed E-state index contributed by atoms with van der Waals surface area (Å²) in [6.45, 7) is 3.43. The van der Waals surface area contributed by atoms with Crippen LogP contribution in [0.15, 0.2) is 36.4 Å². The maximum Gasteiger partial charge on any atom is 0.337 e. The number of carbonyl (C=O) groups excluding carboxylic acids is 1. The molecule has 0 aromatic heterocycles. The Morgan fingerprint density at radius 3 is 2.33 bits per heavy atom. The molecule has 2 rings (SSSR count). The molecule has 0 aliphatic heterocycles. The predicted octanol–water partition coefficient (Wildman–Crippen LogP) is 2.96. The maximum atomic E-state index is 12.3. The van der Waals surface area contributed by atoms with Crippen molar-refractivity contribution < 1.29 is 19.8 Å². The molecule has 0 heterocycles. The number of carboxylic acid groups (broad SMARTS) is 1. The molecule has 5 nitrogen and oxygen atoms in total. The van der Waals surface area contributed by atoms with Gasteiger partial charge in [-0.25, -0.2) is 4.79 Å². The number of anilines is 1. The van der Waals surface area contributed by atoms with Crippen LogP contribution in [0.2, 0.25) is 0 Å². The van der Waals surface area contributed by atoms with Crippen LogP contribution in [-0.4, -0.2) is 22.1 Å². The predicted molar refractivity (Wildman–Crippen MR) is 78.9 cm³/mol. The average molecular weight is 285 g/mol. The number of benzene rings is 2. The molecular formula is C16H15NO4. The van der Waals surface area contributed by atoms with E-state index < -0.39 is 11.9 Å². The second-order valence-corrected chi connectivity index (χ2v) is 4.76. The molecular weight excluding hydrogens is 270 g/mol. The van der Waals surface area contributed by atoms with Crippen molar-refractivity contribution in [3.63, 3.8) is 0 Å². The molecule has 0 saturated heterocycles. The van der Waals surface area contributed by atoms with Crippen LogP contribution in [-0.2, 0) is 0 Å². The van der Waals surface area contributed by atoms with Gasteiger partial charge in [0, 0.05) is 5.56 Å². The summed E-state index contributed by atoms with van der Waals surface area (Å²) in [7, 11) is 0. The number of hydrogen-bond donors (Lipinski definition) is 3. The Balaban J connectivity index is 2.38. The average Bonchev–Trinajstić information content (AvgIpc) is 2.40. The van der Waals surface area contributed by atoms with Crippen LogP contribution in [0, 0.1) is 13.8 Å². The lowest BCUT2D eigenvalue weighted by Gasteiger charge is -2.12. The minimum absolute atomic E-state index is 0.0415. The molecule has 0 aliphatic rings. The van der Waals surface area contributed by atoms with Crippen molar-refractivity contribution in [2.24, 2.45) is 0 Å². The van der Waals surface area contributed by atoms with Crippen LogP contribution in [0.4, 0.5) is 5.69 Å².